The molecule has 1 rings (SSSR count). The van der Waals surface area contributed by atoms with Crippen LogP contribution in [0.5, 0.6) is 0 Å². The third-order valence-corrected chi connectivity index (χ3v) is 1.71. The molecule has 0 unspecified atom stereocenters. The molecule has 0 aliphatic rings. The summed E-state index contributed by atoms with van der Waals surface area (Å²) in [5.41, 5.74) is 0.732. The van der Waals surface area contributed by atoms with Gasteiger partial charge in [0.15, 0.2) is 0 Å². The van der Waals surface area contributed by atoms with E-state index in [1.54, 1.807) is 24.3 Å². The summed E-state index contributed by atoms with van der Waals surface area (Å²) in [7, 11) is -4.00. The van der Waals surface area contributed by atoms with Gasteiger partial charge < -0.3 is 0 Å². The summed E-state index contributed by atoms with van der Waals surface area (Å²) in [6, 6.07) is 8.86. The molecule has 0 radical (unpaired) electrons. The standard InChI is InChI=1S/C8H8O3S.K.H/c9-12(10,11)7-6-8-4-2-1-3-5-8;;/h1-7H,(H,9,10,11);;. The summed E-state index contributed by atoms with van der Waals surface area (Å²) < 4.78 is 28.9. The molecule has 0 saturated carbocycles. The van der Waals surface area contributed by atoms with E-state index in [9.17, 15) is 8.42 Å². The molecule has 0 aliphatic carbocycles. The minimum absolute atomic E-state index is 0. The molecule has 0 aromatic heterocycles. The third-order valence-electron chi connectivity index (χ3n) is 1.23. The molecule has 5 heteroatoms. The van der Waals surface area contributed by atoms with Gasteiger partial charge in [-0.25, -0.2) is 0 Å². The molecule has 0 spiro atoms. The van der Waals surface area contributed by atoms with Gasteiger partial charge in [-0.15, -0.1) is 0 Å². The van der Waals surface area contributed by atoms with Crippen molar-refractivity contribution in [2.75, 3.05) is 0 Å². The van der Waals surface area contributed by atoms with Crippen molar-refractivity contribution in [2.24, 2.45) is 0 Å². The first kappa shape index (κ1) is 13.5. The molecule has 13 heavy (non-hydrogen) atoms. The van der Waals surface area contributed by atoms with Crippen LogP contribution < -0.4 is 0 Å². The Bertz CT molecular complexity index is 370. The van der Waals surface area contributed by atoms with Crippen molar-refractivity contribution in [3.63, 3.8) is 0 Å². The van der Waals surface area contributed by atoms with Gasteiger partial charge in [-0.1, -0.05) is 30.3 Å². The van der Waals surface area contributed by atoms with Crippen molar-refractivity contribution in [3.8, 4) is 0 Å². The Morgan fingerprint density at radius 1 is 1.15 bits per heavy atom. The maximum atomic E-state index is 10.3. The van der Waals surface area contributed by atoms with Gasteiger partial charge in [-0.05, 0) is 11.6 Å². The second-order valence-electron chi connectivity index (χ2n) is 2.23. The fourth-order valence-corrected chi connectivity index (χ4v) is 1.06. The Morgan fingerprint density at radius 2 is 1.69 bits per heavy atom. The first-order valence-electron chi connectivity index (χ1n) is 3.28. The van der Waals surface area contributed by atoms with E-state index in [1.807, 2.05) is 6.07 Å². The molecule has 0 heterocycles. The number of benzene rings is 1. The monoisotopic (exact) mass is 224 g/mol. The second kappa shape index (κ2) is 6.08. The van der Waals surface area contributed by atoms with Gasteiger partial charge in [0.2, 0.25) is 0 Å². The van der Waals surface area contributed by atoms with Crippen LogP contribution in [0.15, 0.2) is 35.7 Å². The van der Waals surface area contributed by atoms with E-state index in [4.69, 9.17) is 4.55 Å². The Morgan fingerprint density at radius 3 is 2.15 bits per heavy atom. The molecule has 0 saturated heterocycles. The molecule has 66 valence electrons. The van der Waals surface area contributed by atoms with Crippen LogP contribution in [0.25, 0.3) is 6.08 Å². The topological polar surface area (TPSA) is 54.4 Å². The molecule has 3 nitrogen and oxygen atoms in total. The van der Waals surface area contributed by atoms with Crippen LogP contribution in [0, 0.1) is 0 Å². The van der Waals surface area contributed by atoms with Crippen LogP contribution in [0.2, 0.25) is 0 Å². The number of rotatable bonds is 2. The third kappa shape index (κ3) is 6.56. The molecule has 0 aliphatic heterocycles. The molecule has 1 aromatic carbocycles. The van der Waals surface area contributed by atoms with E-state index in [2.05, 4.69) is 0 Å². The number of hydrogen-bond donors (Lipinski definition) is 1. The Balaban J connectivity index is 0.00000144. The van der Waals surface area contributed by atoms with Gasteiger partial charge in [0.1, 0.15) is 0 Å². The van der Waals surface area contributed by atoms with Crippen molar-refractivity contribution in [2.45, 2.75) is 0 Å². The average Bonchev–Trinajstić information content (AvgIpc) is 2.02. The molecular formula is C8H9KO3S. The molecule has 0 bridgehead atoms. The van der Waals surface area contributed by atoms with Crippen molar-refractivity contribution in [1.82, 2.24) is 0 Å². The van der Waals surface area contributed by atoms with E-state index in [0.717, 1.165) is 11.0 Å². The average molecular weight is 224 g/mol. The Hall–Kier alpha value is 0.506. The second-order valence-corrected chi connectivity index (χ2v) is 3.53. The zero-order valence-electron chi connectivity index (χ0n) is 6.21. The van der Waals surface area contributed by atoms with Crippen LogP contribution in [-0.2, 0) is 10.1 Å². The van der Waals surface area contributed by atoms with E-state index >= 15 is 0 Å². The maximum absolute atomic E-state index is 10.3. The minimum atomic E-state index is -4.00. The Kier molecular flexibility index (Phi) is 6.31. The fourth-order valence-electron chi connectivity index (χ4n) is 0.729. The fraction of sp³-hybridized carbons (Fsp3) is 0. The zero-order valence-corrected chi connectivity index (χ0v) is 7.03. The molecule has 1 aromatic rings. The van der Waals surface area contributed by atoms with Gasteiger partial charge >= 0.3 is 51.4 Å². The van der Waals surface area contributed by atoms with Crippen LogP contribution in [-0.4, -0.2) is 64.4 Å². The van der Waals surface area contributed by atoms with Crippen LogP contribution >= 0.6 is 0 Å². The normalized spacial score (nSPS) is 11.2. The summed E-state index contributed by atoms with van der Waals surface area (Å²) in [5.74, 6) is 0. The van der Waals surface area contributed by atoms with Gasteiger partial charge in [-0.2, -0.15) is 8.42 Å². The van der Waals surface area contributed by atoms with E-state index < -0.39 is 10.1 Å². The van der Waals surface area contributed by atoms with Gasteiger partial charge in [-0.3, -0.25) is 4.55 Å². The van der Waals surface area contributed by atoms with Gasteiger partial charge in [0.25, 0.3) is 10.1 Å². The quantitative estimate of drug-likeness (QED) is 0.600. The van der Waals surface area contributed by atoms with Crippen molar-refractivity contribution < 1.29 is 13.0 Å². The first-order chi connectivity index (χ1) is 5.58. The zero-order chi connectivity index (χ0) is 9.03. The van der Waals surface area contributed by atoms with Crippen LogP contribution in [0.1, 0.15) is 5.56 Å². The van der Waals surface area contributed by atoms with Crippen LogP contribution in [0.3, 0.4) is 0 Å². The molecule has 0 amide bonds. The van der Waals surface area contributed by atoms with Gasteiger partial charge in [0, 0.05) is 0 Å². The summed E-state index contributed by atoms with van der Waals surface area (Å²) in [6.07, 6.45) is 1.33. The molecule has 0 atom stereocenters. The van der Waals surface area contributed by atoms with E-state index in [0.29, 0.717) is 0 Å². The summed E-state index contributed by atoms with van der Waals surface area (Å²) in [5, 5.41) is 0.752. The van der Waals surface area contributed by atoms with Crippen LogP contribution in [0.4, 0.5) is 0 Å². The van der Waals surface area contributed by atoms with E-state index in [-0.39, 0.29) is 51.4 Å². The predicted octanol–water partition coefficient (Wildman–Crippen LogP) is 0.897. The van der Waals surface area contributed by atoms with Crippen molar-refractivity contribution >= 4 is 67.6 Å². The Labute approximate surface area is 120 Å². The van der Waals surface area contributed by atoms with Crippen molar-refractivity contribution in [3.05, 3.63) is 41.3 Å². The summed E-state index contributed by atoms with van der Waals surface area (Å²) in [4.78, 5) is 0. The summed E-state index contributed by atoms with van der Waals surface area (Å²) >= 11 is 0. The summed E-state index contributed by atoms with van der Waals surface area (Å²) in [6.45, 7) is 0. The molecule has 1 N–H and O–H groups in total. The predicted molar refractivity (Wildman–Crippen MR) is 54.2 cm³/mol. The first-order valence-corrected chi connectivity index (χ1v) is 4.79. The van der Waals surface area contributed by atoms with Gasteiger partial charge in [0.05, 0.1) is 5.41 Å². The SMILES string of the molecule is O=S(=O)(O)C=Cc1ccccc1.[KH]. The van der Waals surface area contributed by atoms with E-state index in [1.165, 1.54) is 6.08 Å². The molecular weight excluding hydrogens is 215 g/mol. The number of hydrogen-bond acceptors (Lipinski definition) is 2. The molecule has 0 fully saturated rings. The van der Waals surface area contributed by atoms with Crippen molar-refractivity contribution in [1.29, 1.82) is 0 Å².